The lowest BCUT2D eigenvalue weighted by Gasteiger charge is -2.03. The lowest BCUT2D eigenvalue weighted by Crippen LogP contribution is -1.75. The first-order chi connectivity index (χ1) is 12.8. The SMILES string of the molecule is Oc1ccc(N=Nc2ccc(/C=C/c3cccs3)cc2)c2ccccc12. The van der Waals surface area contributed by atoms with Crippen LogP contribution in [-0.4, -0.2) is 5.11 Å². The summed E-state index contributed by atoms with van der Waals surface area (Å²) in [5.41, 5.74) is 2.64. The van der Waals surface area contributed by atoms with Gasteiger partial charge >= 0.3 is 0 Å². The molecule has 1 N–H and O–H groups in total. The van der Waals surface area contributed by atoms with Crippen molar-refractivity contribution in [1.29, 1.82) is 0 Å². The minimum atomic E-state index is 0.251. The van der Waals surface area contributed by atoms with Crippen molar-refractivity contribution < 1.29 is 5.11 Å². The Kier molecular flexibility index (Phi) is 4.58. The molecule has 0 bridgehead atoms. The molecule has 0 aliphatic carbocycles. The Labute approximate surface area is 155 Å². The highest BCUT2D eigenvalue weighted by molar-refractivity contribution is 7.10. The van der Waals surface area contributed by atoms with E-state index in [1.165, 1.54) is 4.88 Å². The molecule has 4 aromatic rings. The molecule has 126 valence electrons. The molecule has 0 aliphatic rings. The van der Waals surface area contributed by atoms with Crippen molar-refractivity contribution in [2.75, 3.05) is 0 Å². The van der Waals surface area contributed by atoms with Gasteiger partial charge in [-0.15, -0.1) is 16.5 Å². The fourth-order valence-corrected chi connectivity index (χ4v) is 3.30. The van der Waals surface area contributed by atoms with E-state index in [1.54, 1.807) is 23.5 Å². The maximum absolute atomic E-state index is 9.95. The van der Waals surface area contributed by atoms with Crippen molar-refractivity contribution in [1.82, 2.24) is 0 Å². The molecular weight excluding hydrogens is 340 g/mol. The summed E-state index contributed by atoms with van der Waals surface area (Å²) in [6.07, 6.45) is 4.18. The second kappa shape index (κ2) is 7.33. The first kappa shape index (κ1) is 16.2. The number of rotatable bonds is 4. The predicted molar refractivity (Wildman–Crippen MR) is 109 cm³/mol. The lowest BCUT2D eigenvalue weighted by atomic mass is 10.1. The van der Waals surface area contributed by atoms with Gasteiger partial charge in [0, 0.05) is 15.6 Å². The number of hydrogen-bond donors (Lipinski definition) is 1. The molecule has 3 nitrogen and oxygen atoms in total. The fraction of sp³-hybridized carbons (Fsp3) is 0. The molecule has 3 aromatic carbocycles. The summed E-state index contributed by atoms with van der Waals surface area (Å²) in [4.78, 5) is 1.23. The molecule has 1 aromatic heterocycles. The number of thiophene rings is 1. The highest BCUT2D eigenvalue weighted by atomic mass is 32.1. The van der Waals surface area contributed by atoms with Gasteiger partial charge in [-0.05, 0) is 47.4 Å². The van der Waals surface area contributed by atoms with Crippen LogP contribution in [0.25, 0.3) is 22.9 Å². The molecule has 0 fully saturated rings. The van der Waals surface area contributed by atoms with Crippen molar-refractivity contribution in [3.63, 3.8) is 0 Å². The Bertz CT molecular complexity index is 1080. The van der Waals surface area contributed by atoms with Gasteiger partial charge in [-0.2, -0.15) is 5.11 Å². The average molecular weight is 356 g/mol. The van der Waals surface area contributed by atoms with Gasteiger partial charge in [0.05, 0.1) is 11.4 Å². The molecular formula is C22H16N2OS. The first-order valence-corrected chi connectivity index (χ1v) is 9.12. The van der Waals surface area contributed by atoms with Crippen LogP contribution in [0.15, 0.2) is 88.4 Å². The van der Waals surface area contributed by atoms with Gasteiger partial charge in [0.15, 0.2) is 0 Å². The van der Waals surface area contributed by atoms with Crippen LogP contribution < -0.4 is 0 Å². The number of phenolic OH excluding ortho intramolecular Hbond substituents is 1. The first-order valence-electron chi connectivity index (χ1n) is 8.24. The Morgan fingerprint density at radius 1 is 0.731 bits per heavy atom. The number of benzene rings is 3. The quantitative estimate of drug-likeness (QED) is 0.386. The van der Waals surface area contributed by atoms with Gasteiger partial charge in [-0.25, -0.2) is 0 Å². The average Bonchev–Trinajstić information content (AvgIpc) is 3.21. The monoisotopic (exact) mass is 356 g/mol. The molecule has 0 atom stereocenters. The third-order valence-electron chi connectivity index (χ3n) is 4.03. The van der Waals surface area contributed by atoms with E-state index in [9.17, 15) is 5.11 Å². The number of aromatic hydroxyl groups is 1. The van der Waals surface area contributed by atoms with Gasteiger partial charge in [0.2, 0.25) is 0 Å². The maximum Gasteiger partial charge on any atom is 0.123 e. The van der Waals surface area contributed by atoms with E-state index in [1.807, 2.05) is 54.6 Å². The highest BCUT2D eigenvalue weighted by Crippen LogP contribution is 2.33. The zero-order chi connectivity index (χ0) is 17.8. The van der Waals surface area contributed by atoms with Crippen molar-refractivity contribution in [2.45, 2.75) is 0 Å². The van der Waals surface area contributed by atoms with Gasteiger partial charge in [0.1, 0.15) is 5.75 Å². The van der Waals surface area contributed by atoms with Crippen molar-refractivity contribution >= 4 is 45.6 Å². The largest absolute Gasteiger partial charge is 0.507 e. The van der Waals surface area contributed by atoms with Crippen LogP contribution in [0.4, 0.5) is 11.4 Å². The van der Waals surface area contributed by atoms with E-state index in [0.717, 1.165) is 27.7 Å². The normalized spacial score (nSPS) is 11.7. The van der Waals surface area contributed by atoms with Gasteiger partial charge in [0.25, 0.3) is 0 Å². The minimum Gasteiger partial charge on any atom is -0.507 e. The van der Waals surface area contributed by atoms with E-state index in [4.69, 9.17) is 0 Å². The third-order valence-corrected chi connectivity index (χ3v) is 4.87. The Balaban J connectivity index is 1.55. The predicted octanol–water partition coefficient (Wildman–Crippen LogP) is 7.19. The Morgan fingerprint density at radius 3 is 2.31 bits per heavy atom. The molecule has 1 heterocycles. The second-order valence-corrected chi connectivity index (χ2v) is 6.77. The van der Waals surface area contributed by atoms with Crippen LogP contribution in [0.1, 0.15) is 10.4 Å². The van der Waals surface area contributed by atoms with Crippen molar-refractivity contribution in [2.24, 2.45) is 10.2 Å². The number of azo groups is 1. The Morgan fingerprint density at radius 2 is 1.54 bits per heavy atom. The zero-order valence-corrected chi connectivity index (χ0v) is 14.7. The van der Waals surface area contributed by atoms with Crippen molar-refractivity contribution in [3.8, 4) is 5.75 Å². The second-order valence-electron chi connectivity index (χ2n) is 5.79. The highest BCUT2D eigenvalue weighted by Gasteiger charge is 2.03. The van der Waals surface area contributed by atoms with Gasteiger partial charge in [-0.3, -0.25) is 0 Å². The summed E-state index contributed by atoms with van der Waals surface area (Å²) >= 11 is 1.71. The summed E-state index contributed by atoms with van der Waals surface area (Å²) < 4.78 is 0. The summed E-state index contributed by atoms with van der Waals surface area (Å²) in [5, 5.41) is 22.4. The molecule has 4 rings (SSSR count). The summed E-state index contributed by atoms with van der Waals surface area (Å²) in [5.74, 6) is 0.251. The van der Waals surface area contributed by atoms with E-state index in [0.29, 0.717) is 0 Å². The van der Waals surface area contributed by atoms with Crippen LogP contribution >= 0.6 is 11.3 Å². The van der Waals surface area contributed by atoms with E-state index in [2.05, 4.69) is 33.8 Å². The van der Waals surface area contributed by atoms with E-state index in [-0.39, 0.29) is 5.75 Å². The molecule has 0 saturated carbocycles. The number of fused-ring (bicyclic) bond motifs is 1. The van der Waals surface area contributed by atoms with E-state index < -0.39 is 0 Å². The minimum absolute atomic E-state index is 0.251. The van der Waals surface area contributed by atoms with Crippen LogP contribution in [0.2, 0.25) is 0 Å². The standard InChI is InChI=1S/C22H16N2OS/c25-22-14-13-21(19-5-1-2-6-20(19)22)24-23-17-10-7-16(8-11-17)9-12-18-4-3-15-26-18/h1-15,25H/b12-9+,24-23?. The van der Waals surface area contributed by atoms with E-state index >= 15 is 0 Å². The van der Waals surface area contributed by atoms with Gasteiger partial charge < -0.3 is 5.11 Å². The number of phenols is 1. The number of hydrogen-bond acceptors (Lipinski definition) is 4. The maximum atomic E-state index is 9.95. The molecule has 4 heteroatoms. The van der Waals surface area contributed by atoms with Crippen molar-refractivity contribution in [3.05, 3.63) is 88.6 Å². The molecule has 0 saturated heterocycles. The third kappa shape index (κ3) is 3.55. The van der Waals surface area contributed by atoms with Gasteiger partial charge in [-0.1, -0.05) is 48.5 Å². The zero-order valence-electron chi connectivity index (χ0n) is 13.9. The smallest absolute Gasteiger partial charge is 0.123 e. The molecule has 0 radical (unpaired) electrons. The Hall–Kier alpha value is -3.24. The molecule has 0 spiro atoms. The lowest BCUT2D eigenvalue weighted by molar-refractivity contribution is 0.481. The summed E-state index contributed by atoms with van der Waals surface area (Å²) in [6.45, 7) is 0. The van der Waals surface area contributed by atoms with Crippen LogP contribution in [0.5, 0.6) is 5.75 Å². The topological polar surface area (TPSA) is 45.0 Å². The number of nitrogens with zero attached hydrogens (tertiary/aromatic N) is 2. The van der Waals surface area contributed by atoms with Crippen LogP contribution in [0, 0.1) is 0 Å². The molecule has 0 amide bonds. The molecule has 0 unspecified atom stereocenters. The van der Waals surface area contributed by atoms with Crippen LogP contribution in [0.3, 0.4) is 0 Å². The molecule has 26 heavy (non-hydrogen) atoms. The van der Waals surface area contributed by atoms with Crippen LogP contribution in [-0.2, 0) is 0 Å². The summed E-state index contributed by atoms with van der Waals surface area (Å²) in [6, 6.07) is 23.1. The fourth-order valence-electron chi connectivity index (χ4n) is 2.68. The summed E-state index contributed by atoms with van der Waals surface area (Å²) in [7, 11) is 0. The molecule has 0 aliphatic heterocycles.